The van der Waals surface area contributed by atoms with Gasteiger partial charge in [0, 0.05) is 27.3 Å². The van der Waals surface area contributed by atoms with Crippen LogP contribution in [-0.4, -0.2) is 182 Å². The zero-order valence-electron chi connectivity index (χ0n) is 26.1. The zero-order valence-corrected chi connectivity index (χ0v) is 26.1. The molecule has 17 heteroatoms. The van der Waals surface area contributed by atoms with Crippen molar-refractivity contribution in [3.63, 3.8) is 0 Å². The molecule has 260 valence electrons. The van der Waals surface area contributed by atoms with Crippen molar-refractivity contribution in [1.29, 1.82) is 0 Å². The van der Waals surface area contributed by atoms with Crippen molar-refractivity contribution in [3.8, 4) is 0 Å². The standard InChI is InChI=1S/C27H52N2O15/c1-34-7-9-38-13-17-42-21-25(30)28-3-5-36-11-15-40-19-24(44-23-27(32)33)20-41-16-12-37-6-4-29-26(31)22-43-18-14-39-10-8-35-2/h24H,3-23H2,1-2H3,(H,28,30)(H,29,31)(H,32,33). The molecule has 0 spiro atoms. The van der Waals surface area contributed by atoms with E-state index in [1.807, 2.05) is 0 Å². The molecule has 0 atom stereocenters. The van der Waals surface area contributed by atoms with Crippen molar-refractivity contribution in [3.05, 3.63) is 0 Å². The highest BCUT2D eigenvalue weighted by Gasteiger charge is 2.12. The second-order valence-electron chi connectivity index (χ2n) is 8.72. The first-order chi connectivity index (χ1) is 21.5. The van der Waals surface area contributed by atoms with Crippen LogP contribution in [0.4, 0.5) is 0 Å². The van der Waals surface area contributed by atoms with Gasteiger partial charge in [0.1, 0.15) is 25.9 Å². The summed E-state index contributed by atoms with van der Waals surface area (Å²) in [7, 11) is 3.18. The zero-order chi connectivity index (χ0) is 32.4. The fraction of sp³-hybridized carbons (Fsp3) is 0.889. The normalized spacial score (nSPS) is 11.2. The molecule has 0 radical (unpaired) electrons. The molecule has 3 N–H and O–H groups in total. The summed E-state index contributed by atoms with van der Waals surface area (Å²) in [5.41, 5.74) is 0. The number of amides is 2. The summed E-state index contributed by atoms with van der Waals surface area (Å²) in [6.45, 7) is 5.21. The van der Waals surface area contributed by atoms with Gasteiger partial charge in [0.05, 0.1) is 106 Å². The fourth-order valence-corrected chi connectivity index (χ4v) is 2.88. The first kappa shape index (κ1) is 42.0. The van der Waals surface area contributed by atoms with Crippen molar-refractivity contribution in [2.45, 2.75) is 6.10 Å². The number of carbonyl (C=O) groups is 3. The lowest BCUT2D eigenvalue weighted by atomic mass is 10.4. The third kappa shape index (κ3) is 32.9. The highest BCUT2D eigenvalue weighted by molar-refractivity contribution is 5.77. The van der Waals surface area contributed by atoms with Crippen LogP contribution in [0.25, 0.3) is 0 Å². The van der Waals surface area contributed by atoms with E-state index in [0.29, 0.717) is 79.2 Å². The Morgan fingerprint density at radius 1 is 0.500 bits per heavy atom. The van der Waals surface area contributed by atoms with Crippen molar-refractivity contribution >= 4 is 17.8 Å². The molecule has 0 heterocycles. The molecular formula is C27H52N2O15. The molecule has 44 heavy (non-hydrogen) atoms. The highest BCUT2D eigenvalue weighted by Crippen LogP contribution is 1.97. The fourth-order valence-electron chi connectivity index (χ4n) is 2.88. The molecule has 0 bridgehead atoms. The number of hydrogen-bond donors (Lipinski definition) is 3. The van der Waals surface area contributed by atoms with E-state index in [4.69, 9.17) is 57.2 Å². The molecule has 0 aliphatic carbocycles. The summed E-state index contributed by atoms with van der Waals surface area (Å²) in [5.74, 6) is -1.61. The van der Waals surface area contributed by atoms with Crippen LogP contribution in [0.1, 0.15) is 0 Å². The molecule has 0 rings (SSSR count). The number of carboxylic acid groups (broad SMARTS) is 1. The van der Waals surface area contributed by atoms with E-state index in [1.54, 1.807) is 14.2 Å². The van der Waals surface area contributed by atoms with Crippen LogP contribution in [-0.2, 0) is 66.5 Å². The molecule has 0 aromatic carbocycles. The van der Waals surface area contributed by atoms with Crippen molar-refractivity contribution in [2.75, 3.05) is 153 Å². The predicted molar refractivity (Wildman–Crippen MR) is 154 cm³/mol. The molecule has 0 aromatic rings. The number of carbonyl (C=O) groups excluding carboxylic acids is 2. The largest absolute Gasteiger partial charge is 0.480 e. The minimum atomic E-state index is -1.10. The van der Waals surface area contributed by atoms with Crippen LogP contribution < -0.4 is 10.6 Å². The Kier molecular flexibility index (Phi) is 32.3. The smallest absolute Gasteiger partial charge is 0.329 e. The minimum absolute atomic E-state index is 0.0651. The summed E-state index contributed by atoms with van der Waals surface area (Å²) in [5, 5.41) is 14.2. The maximum absolute atomic E-state index is 11.7. The van der Waals surface area contributed by atoms with E-state index in [0.717, 1.165) is 0 Å². The topological polar surface area (TPSA) is 197 Å². The van der Waals surface area contributed by atoms with E-state index < -0.39 is 18.7 Å². The van der Waals surface area contributed by atoms with Gasteiger partial charge in [-0.1, -0.05) is 0 Å². The number of carboxylic acids is 1. The van der Waals surface area contributed by atoms with Gasteiger partial charge in [0.25, 0.3) is 0 Å². The van der Waals surface area contributed by atoms with Crippen LogP contribution >= 0.6 is 0 Å². The van der Waals surface area contributed by atoms with Crippen LogP contribution in [0.5, 0.6) is 0 Å². The maximum atomic E-state index is 11.7. The van der Waals surface area contributed by atoms with Gasteiger partial charge in [-0.3, -0.25) is 9.59 Å². The molecule has 0 aliphatic rings. The first-order valence-electron chi connectivity index (χ1n) is 14.5. The average Bonchev–Trinajstić information content (AvgIpc) is 3.00. The summed E-state index contributed by atoms with van der Waals surface area (Å²) in [4.78, 5) is 34.2. The molecule has 0 aliphatic heterocycles. The van der Waals surface area contributed by atoms with Gasteiger partial charge in [0.2, 0.25) is 11.8 Å². The Bertz CT molecular complexity index is 629. The number of hydrogen-bond acceptors (Lipinski definition) is 14. The number of ether oxygens (including phenoxy) is 11. The third-order valence-corrected chi connectivity index (χ3v) is 5.01. The number of nitrogens with one attached hydrogen (secondary N) is 2. The number of aliphatic carboxylic acids is 1. The minimum Gasteiger partial charge on any atom is -0.480 e. The van der Waals surface area contributed by atoms with Crippen LogP contribution in [0, 0.1) is 0 Å². The van der Waals surface area contributed by atoms with Crippen LogP contribution in [0.15, 0.2) is 0 Å². The van der Waals surface area contributed by atoms with Gasteiger partial charge < -0.3 is 67.8 Å². The summed E-state index contributed by atoms with van der Waals surface area (Å²) in [6, 6.07) is 0. The average molecular weight is 645 g/mol. The van der Waals surface area contributed by atoms with Gasteiger partial charge in [0.15, 0.2) is 0 Å². The summed E-state index contributed by atoms with van der Waals surface area (Å²) >= 11 is 0. The monoisotopic (exact) mass is 644 g/mol. The molecule has 0 saturated heterocycles. The lowest BCUT2D eigenvalue weighted by Crippen LogP contribution is -2.32. The van der Waals surface area contributed by atoms with Gasteiger partial charge in [-0.05, 0) is 0 Å². The van der Waals surface area contributed by atoms with E-state index in [2.05, 4.69) is 10.6 Å². The van der Waals surface area contributed by atoms with Gasteiger partial charge in [-0.2, -0.15) is 0 Å². The second-order valence-corrected chi connectivity index (χ2v) is 8.72. The van der Waals surface area contributed by atoms with Crippen LogP contribution in [0.3, 0.4) is 0 Å². The van der Waals surface area contributed by atoms with Gasteiger partial charge in [-0.15, -0.1) is 0 Å². The van der Waals surface area contributed by atoms with E-state index in [-0.39, 0.29) is 64.7 Å². The van der Waals surface area contributed by atoms with Crippen molar-refractivity contribution in [2.24, 2.45) is 0 Å². The Morgan fingerprint density at radius 3 is 1.27 bits per heavy atom. The molecule has 0 unspecified atom stereocenters. The molecular weight excluding hydrogens is 592 g/mol. The van der Waals surface area contributed by atoms with Gasteiger partial charge >= 0.3 is 5.97 Å². The molecule has 0 aromatic heterocycles. The van der Waals surface area contributed by atoms with Gasteiger partial charge in [-0.25, -0.2) is 4.79 Å². The number of methoxy groups -OCH3 is 2. The van der Waals surface area contributed by atoms with E-state index >= 15 is 0 Å². The molecule has 0 saturated carbocycles. The Morgan fingerprint density at radius 2 is 0.864 bits per heavy atom. The van der Waals surface area contributed by atoms with Crippen LogP contribution in [0.2, 0.25) is 0 Å². The molecule has 17 nitrogen and oxygen atoms in total. The second kappa shape index (κ2) is 33.9. The SMILES string of the molecule is COCCOCCOCC(=O)NCCOCCOCC(COCCOCCNC(=O)COCCOCCOC)OCC(=O)O. The summed E-state index contributed by atoms with van der Waals surface area (Å²) in [6.07, 6.45) is -0.597. The Hall–Kier alpha value is -2.03. The van der Waals surface area contributed by atoms with Crippen molar-refractivity contribution < 1.29 is 71.6 Å². The van der Waals surface area contributed by atoms with E-state index in [9.17, 15) is 14.4 Å². The summed E-state index contributed by atoms with van der Waals surface area (Å²) < 4.78 is 57.7. The Balaban J connectivity index is 3.72. The maximum Gasteiger partial charge on any atom is 0.329 e. The lowest BCUT2D eigenvalue weighted by Gasteiger charge is -2.17. The number of rotatable bonds is 35. The van der Waals surface area contributed by atoms with Crippen molar-refractivity contribution in [1.82, 2.24) is 10.6 Å². The van der Waals surface area contributed by atoms with E-state index in [1.165, 1.54) is 0 Å². The predicted octanol–water partition coefficient (Wildman–Crippen LogP) is -1.89. The first-order valence-corrected chi connectivity index (χ1v) is 14.5. The lowest BCUT2D eigenvalue weighted by molar-refractivity contribution is -0.148. The quantitative estimate of drug-likeness (QED) is 0.0648. The highest BCUT2D eigenvalue weighted by atomic mass is 16.6. The molecule has 2 amide bonds. The third-order valence-electron chi connectivity index (χ3n) is 5.01. The Labute approximate surface area is 259 Å². The molecule has 0 fully saturated rings.